The lowest BCUT2D eigenvalue weighted by Crippen LogP contribution is -2.20. The van der Waals surface area contributed by atoms with E-state index in [4.69, 9.17) is 21.4 Å². The number of methoxy groups -OCH3 is 1. The van der Waals surface area contributed by atoms with Gasteiger partial charge in [0.25, 0.3) is 0 Å². The zero-order chi connectivity index (χ0) is 22.2. The fraction of sp³-hybridized carbons (Fsp3) is 0.174. The van der Waals surface area contributed by atoms with Crippen LogP contribution in [0.2, 0.25) is 5.02 Å². The zero-order valence-electron chi connectivity index (χ0n) is 17.5. The summed E-state index contributed by atoms with van der Waals surface area (Å²) in [5.41, 5.74) is 3.64. The van der Waals surface area contributed by atoms with Crippen LogP contribution in [0.5, 0.6) is 5.75 Å². The summed E-state index contributed by atoms with van der Waals surface area (Å²) < 4.78 is 9.38. The average molecular weight is 466 g/mol. The Labute approximate surface area is 194 Å². The minimum Gasteiger partial charge on any atom is -0.497 e. The minimum absolute atomic E-state index is 0.0547. The van der Waals surface area contributed by atoms with Gasteiger partial charge in [-0.2, -0.15) is 5.10 Å². The number of ether oxygens (including phenoxy) is 1. The first-order valence-electron chi connectivity index (χ1n) is 10.1. The molecule has 162 valence electrons. The number of aliphatic imine (C=N–C) groups is 1. The number of carbonyl (C=O) groups excluding carboxylic acids is 1. The van der Waals surface area contributed by atoms with Crippen LogP contribution in [0.3, 0.4) is 0 Å². The van der Waals surface area contributed by atoms with Crippen LogP contribution in [-0.4, -0.2) is 38.3 Å². The molecule has 1 saturated heterocycles. The standard InChI is InChI=1S/C23H20ClN5O2S/c1-3-28-12-18(17-10-16(31-2)7-8-20(17)28)19-11-21(25-23-26-22(30)13-32-23)29(27-19)15-6-4-5-14(24)9-15/h4-12H,3,13H2,1-2H3,(H,25,26,30). The molecule has 0 bridgehead atoms. The van der Waals surface area contributed by atoms with Crippen LogP contribution < -0.4 is 10.1 Å². The SMILES string of the molecule is CCn1cc(-c2cc(N=C3NC(=O)CS3)n(-c3cccc(Cl)c3)n2)c2cc(OC)ccc21. The highest BCUT2D eigenvalue weighted by Crippen LogP contribution is 2.35. The topological polar surface area (TPSA) is 73.4 Å². The van der Waals surface area contributed by atoms with Crippen LogP contribution in [0, 0.1) is 0 Å². The molecule has 4 aromatic rings. The minimum atomic E-state index is -0.0547. The quantitative estimate of drug-likeness (QED) is 0.448. The van der Waals surface area contributed by atoms with Gasteiger partial charge in [-0.25, -0.2) is 9.67 Å². The lowest BCUT2D eigenvalue weighted by molar-refractivity contribution is -0.116. The maximum absolute atomic E-state index is 11.6. The molecule has 1 aliphatic rings. The number of rotatable bonds is 5. The Morgan fingerprint density at radius 2 is 2.12 bits per heavy atom. The van der Waals surface area contributed by atoms with E-state index >= 15 is 0 Å². The number of aryl methyl sites for hydroxylation is 1. The van der Waals surface area contributed by atoms with Crippen LogP contribution in [0.4, 0.5) is 5.82 Å². The molecule has 7 nitrogen and oxygen atoms in total. The number of fused-ring (bicyclic) bond motifs is 1. The van der Waals surface area contributed by atoms with Crippen molar-refractivity contribution in [2.45, 2.75) is 13.5 Å². The number of amidine groups is 1. The molecule has 32 heavy (non-hydrogen) atoms. The molecule has 0 radical (unpaired) electrons. The van der Waals surface area contributed by atoms with E-state index in [1.165, 1.54) is 11.8 Å². The zero-order valence-corrected chi connectivity index (χ0v) is 19.1. The summed E-state index contributed by atoms with van der Waals surface area (Å²) in [5.74, 6) is 1.70. The summed E-state index contributed by atoms with van der Waals surface area (Å²) in [7, 11) is 1.66. The third kappa shape index (κ3) is 3.76. The molecule has 0 spiro atoms. The Morgan fingerprint density at radius 1 is 1.25 bits per heavy atom. The van der Waals surface area contributed by atoms with Crippen LogP contribution in [0.25, 0.3) is 27.8 Å². The number of amides is 1. The second-order valence-corrected chi connectivity index (χ2v) is 8.65. The van der Waals surface area contributed by atoms with E-state index in [-0.39, 0.29) is 5.91 Å². The predicted molar refractivity (Wildman–Crippen MR) is 129 cm³/mol. The van der Waals surface area contributed by atoms with Gasteiger partial charge in [0.1, 0.15) is 5.75 Å². The number of thioether (sulfide) groups is 1. The predicted octanol–water partition coefficient (Wildman–Crippen LogP) is 5.03. The Morgan fingerprint density at radius 3 is 2.84 bits per heavy atom. The van der Waals surface area contributed by atoms with Gasteiger partial charge in [0.15, 0.2) is 11.0 Å². The van der Waals surface area contributed by atoms with E-state index in [2.05, 4.69) is 34.1 Å². The molecular formula is C23H20ClN5O2S. The van der Waals surface area contributed by atoms with Gasteiger partial charge in [0, 0.05) is 40.3 Å². The summed E-state index contributed by atoms with van der Waals surface area (Å²) in [6.07, 6.45) is 2.10. The first-order valence-corrected chi connectivity index (χ1v) is 11.5. The second kappa shape index (κ2) is 8.37. The molecule has 2 aromatic heterocycles. The lowest BCUT2D eigenvalue weighted by Gasteiger charge is -2.05. The van der Waals surface area contributed by atoms with Crippen LogP contribution >= 0.6 is 23.4 Å². The summed E-state index contributed by atoms with van der Waals surface area (Å²) in [4.78, 5) is 16.3. The van der Waals surface area contributed by atoms with Crippen molar-refractivity contribution in [1.82, 2.24) is 19.7 Å². The Kier molecular flexibility index (Phi) is 5.40. The van der Waals surface area contributed by atoms with E-state index in [0.29, 0.717) is 21.8 Å². The summed E-state index contributed by atoms with van der Waals surface area (Å²) in [6, 6.07) is 15.4. The fourth-order valence-electron chi connectivity index (χ4n) is 3.74. The maximum Gasteiger partial charge on any atom is 0.236 e. The number of nitrogens with zero attached hydrogens (tertiary/aromatic N) is 4. The van der Waals surface area contributed by atoms with Crippen molar-refractivity contribution in [2.75, 3.05) is 12.9 Å². The highest BCUT2D eigenvalue weighted by atomic mass is 35.5. The highest BCUT2D eigenvalue weighted by Gasteiger charge is 2.20. The Hall–Kier alpha value is -3.23. The van der Waals surface area contributed by atoms with Crippen molar-refractivity contribution in [1.29, 1.82) is 0 Å². The van der Waals surface area contributed by atoms with Crippen molar-refractivity contribution in [3.05, 3.63) is 59.8 Å². The third-order valence-corrected chi connectivity index (χ3v) is 6.36. The molecule has 1 aliphatic heterocycles. The van der Waals surface area contributed by atoms with Crippen molar-refractivity contribution in [3.63, 3.8) is 0 Å². The van der Waals surface area contributed by atoms with Gasteiger partial charge in [-0.15, -0.1) is 0 Å². The Bertz CT molecular complexity index is 1370. The molecule has 0 saturated carbocycles. The van der Waals surface area contributed by atoms with Crippen molar-refractivity contribution >= 4 is 51.2 Å². The monoisotopic (exact) mass is 465 g/mol. The number of hydrogen-bond acceptors (Lipinski definition) is 5. The smallest absolute Gasteiger partial charge is 0.236 e. The van der Waals surface area contributed by atoms with Gasteiger partial charge < -0.3 is 14.6 Å². The number of aromatic nitrogens is 3. The maximum atomic E-state index is 11.6. The summed E-state index contributed by atoms with van der Waals surface area (Å²) in [6.45, 7) is 2.94. The first kappa shape index (κ1) is 20.7. The molecule has 9 heteroatoms. The van der Waals surface area contributed by atoms with Crippen LogP contribution in [0.1, 0.15) is 6.92 Å². The van der Waals surface area contributed by atoms with Crippen molar-refractivity contribution in [2.24, 2.45) is 4.99 Å². The van der Waals surface area contributed by atoms with Gasteiger partial charge in [-0.05, 0) is 43.3 Å². The van der Waals surface area contributed by atoms with Gasteiger partial charge in [0.05, 0.1) is 24.2 Å². The number of halogens is 1. The molecule has 2 aromatic carbocycles. The van der Waals surface area contributed by atoms with E-state index in [1.807, 2.05) is 42.5 Å². The molecule has 3 heterocycles. The van der Waals surface area contributed by atoms with Gasteiger partial charge in [-0.1, -0.05) is 29.4 Å². The Balaban J connectivity index is 1.70. The average Bonchev–Trinajstić information content (AvgIpc) is 3.50. The molecule has 1 fully saturated rings. The first-order chi connectivity index (χ1) is 15.6. The van der Waals surface area contributed by atoms with Crippen molar-refractivity contribution < 1.29 is 9.53 Å². The second-order valence-electron chi connectivity index (χ2n) is 7.25. The largest absolute Gasteiger partial charge is 0.497 e. The number of nitrogens with one attached hydrogen (secondary N) is 1. The van der Waals surface area contributed by atoms with Crippen LogP contribution in [0.15, 0.2) is 59.7 Å². The fourth-order valence-corrected chi connectivity index (χ4v) is 4.61. The van der Waals surface area contributed by atoms with Gasteiger partial charge >= 0.3 is 0 Å². The normalized spacial score (nSPS) is 15.0. The number of hydrogen-bond donors (Lipinski definition) is 1. The molecule has 0 unspecified atom stereocenters. The number of benzene rings is 2. The molecular weight excluding hydrogens is 446 g/mol. The van der Waals surface area contributed by atoms with E-state index < -0.39 is 0 Å². The van der Waals surface area contributed by atoms with E-state index in [1.54, 1.807) is 11.8 Å². The molecule has 5 rings (SSSR count). The summed E-state index contributed by atoms with van der Waals surface area (Å²) in [5, 5.41) is 9.88. The van der Waals surface area contributed by atoms with Gasteiger partial charge in [-0.3, -0.25) is 4.79 Å². The van der Waals surface area contributed by atoms with Crippen LogP contribution in [-0.2, 0) is 11.3 Å². The summed E-state index contributed by atoms with van der Waals surface area (Å²) >= 11 is 7.61. The number of carbonyl (C=O) groups is 1. The van der Waals surface area contributed by atoms with Gasteiger partial charge in [0.2, 0.25) is 5.91 Å². The highest BCUT2D eigenvalue weighted by molar-refractivity contribution is 8.15. The molecule has 0 aliphatic carbocycles. The molecule has 1 amide bonds. The lowest BCUT2D eigenvalue weighted by atomic mass is 10.1. The van der Waals surface area contributed by atoms with E-state index in [0.717, 1.165) is 40.1 Å². The van der Waals surface area contributed by atoms with E-state index in [9.17, 15) is 4.79 Å². The third-order valence-electron chi connectivity index (χ3n) is 5.25. The van der Waals surface area contributed by atoms with Crippen molar-refractivity contribution in [3.8, 4) is 22.7 Å². The molecule has 0 atom stereocenters. The molecule has 1 N–H and O–H groups in total.